The van der Waals surface area contributed by atoms with Gasteiger partial charge in [-0.05, 0) is 56.8 Å². The van der Waals surface area contributed by atoms with Gasteiger partial charge in [0.2, 0.25) is 0 Å². The van der Waals surface area contributed by atoms with E-state index in [0.29, 0.717) is 6.10 Å². The molecule has 23 heavy (non-hydrogen) atoms. The van der Waals surface area contributed by atoms with Crippen LogP contribution in [0.25, 0.3) is 0 Å². The van der Waals surface area contributed by atoms with Crippen LogP contribution in [-0.2, 0) is 11.3 Å². The minimum atomic E-state index is 0.250. The third kappa shape index (κ3) is 3.62. The molecule has 0 aromatic heterocycles. The normalized spacial score (nSPS) is 29.0. The molecule has 0 amide bonds. The van der Waals surface area contributed by atoms with Gasteiger partial charge in [0.15, 0.2) is 0 Å². The molecule has 2 heterocycles. The largest absolute Gasteiger partial charge is 0.369 e. The molecular formula is C20H30N2O. The first-order valence-corrected chi connectivity index (χ1v) is 9.43. The Morgan fingerprint density at radius 1 is 1.09 bits per heavy atom. The van der Waals surface area contributed by atoms with Crippen molar-refractivity contribution in [2.45, 2.75) is 50.9 Å². The fraction of sp³-hybridized carbons (Fsp3) is 0.700. The fourth-order valence-electron chi connectivity index (χ4n) is 4.35. The SMILES string of the molecule is CCN1CC(C2CCN(Cc3ccccc3)CC2)OC2(CC2)C1. The molecule has 126 valence electrons. The number of benzene rings is 1. The van der Waals surface area contributed by atoms with Crippen LogP contribution in [0.5, 0.6) is 0 Å². The van der Waals surface area contributed by atoms with Gasteiger partial charge in [0.1, 0.15) is 0 Å². The van der Waals surface area contributed by atoms with Gasteiger partial charge in [-0.25, -0.2) is 0 Å². The molecule has 1 atom stereocenters. The van der Waals surface area contributed by atoms with Crippen LogP contribution in [0.3, 0.4) is 0 Å². The van der Waals surface area contributed by atoms with Crippen LogP contribution in [0.4, 0.5) is 0 Å². The molecule has 4 rings (SSSR count). The van der Waals surface area contributed by atoms with Crippen LogP contribution in [0, 0.1) is 5.92 Å². The van der Waals surface area contributed by atoms with Crippen LogP contribution in [-0.4, -0.2) is 54.2 Å². The highest BCUT2D eigenvalue weighted by atomic mass is 16.5. The van der Waals surface area contributed by atoms with Gasteiger partial charge in [-0.2, -0.15) is 0 Å². The highest BCUT2D eigenvalue weighted by Crippen LogP contribution is 2.45. The summed E-state index contributed by atoms with van der Waals surface area (Å²) in [6.45, 7) is 9.34. The Bertz CT molecular complexity index is 506. The molecule has 1 unspecified atom stereocenters. The van der Waals surface area contributed by atoms with Crippen molar-refractivity contribution in [3.05, 3.63) is 35.9 Å². The fourth-order valence-corrected chi connectivity index (χ4v) is 4.35. The van der Waals surface area contributed by atoms with Crippen LogP contribution in [0.1, 0.15) is 38.2 Å². The predicted octanol–water partition coefficient (Wildman–Crippen LogP) is 3.15. The average Bonchev–Trinajstić information content (AvgIpc) is 3.34. The standard InChI is InChI=1S/C20H30N2O/c1-2-21-15-19(23-20(16-21)10-11-20)18-8-12-22(13-9-18)14-17-6-4-3-5-7-17/h3-7,18-19H,2,8-16H2,1H3. The van der Waals surface area contributed by atoms with Crippen molar-refractivity contribution in [2.24, 2.45) is 5.92 Å². The number of likely N-dealkylation sites (N-methyl/N-ethyl adjacent to an activating group) is 1. The molecule has 1 saturated carbocycles. The third-order valence-electron chi connectivity index (χ3n) is 6.01. The van der Waals surface area contributed by atoms with Crippen molar-refractivity contribution in [2.75, 3.05) is 32.7 Å². The van der Waals surface area contributed by atoms with Crippen LogP contribution < -0.4 is 0 Å². The van der Waals surface area contributed by atoms with Crippen molar-refractivity contribution < 1.29 is 4.74 Å². The Kier molecular flexibility index (Phi) is 4.44. The third-order valence-corrected chi connectivity index (χ3v) is 6.01. The molecule has 0 N–H and O–H groups in total. The monoisotopic (exact) mass is 314 g/mol. The second kappa shape index (κ2) is 6.54. The van der Waals surface area contributed by atoms with E-state index in [9.17, 15) is 0 Å². The molecule has 1 aromatic rings. The van der Waals surface area contributed by atoms with Gasteiger partial charge < -0.3 is 4.74 Å². The summed E-state index contributed by atoms with van der Waals surface area (Å²) in [5.74, 6) is 0.758. The van der Waals surface area contributed by atoms with E-state index in [1.54, 1.807) is 0 Å². The van der Waals surface area contributed by atoms with Crippen LogP contribution in [0.15, 0.2) is 30.3 Å². The first-order valence-electron chi connectivity index (χ1n) is 9.43. The quantitative estimate of drug-likeness (QED) is 0.849. The molecule has 1 aromatic carbocycles. The molecular weight excluding hydrogens is 284 g/mol. The highest BCUT2D eigenvalue weighted by Gasteiger charge is 2.51. The summed E-state index contributed by atoms with van der Waals surface area (Å²) in [7, 11) is 0. The number of likely N-dealkylation sites (tertiary alicyclic amines) is 1. The summed E-state index contributed by atoms with van der Waals surface area (Å²) in [5.41, 5.74) is 1.69. The smallest absolute Gasteiger partial charge is 0.0815 e. The maximum atomic E-state index is 6.55. The molecule has 0 radical (unpaired) electrons. The number of hydrogen-bond donors (Lipinski definition) is 0. The molecule has 0 bridgehead atoms. The maximum Gasteiger partial charge on any atom is 0.0815 e. The summed E-state index contributed by atoms with van der Waals surface area (Å²) in [5, 5.41) is 0. The van der Waals surface area contributed by atoms with E-state index in [1.807, 2.05) is 0 Å². The number of morpholine rings is 1. The van der Waals surface area contributed by atoms with E-state index >= 15 is 0 Å². The van der Waals surface area contributed by atoms with Crippen molar-refractivity contribution in [1.29, 1.82) is 0 Å². The molecule has 3 aliphatic rings. The first-order chi connectivity index (χ1) is 11.3. The lowest BCUT2D eigenvalue weighted by atomic mass is 9.89. The van der Waals surface area contributed by atoms with E-state index in [1.165, 1.54) is 57.4 Å². The lowest BCUT2D eigenvalue weighted by Gasteiger charge is -2.44. The maximum absolute atomic E-state index is 6.55. The molecule has 3 fully saturated rings. The average molecular weight is 314 g/mol. The van der Waals surface area contributed by atoms with Gasteiger partial charge in [-0.1, -0.05) is 37.3 Å². The Labute approximate surface area is 140 Å². The summed E-state index contributed by atoms with van der Waals surface area (Å²) < 4.78 is 6.55. The Morgan fingerprint density at radius 2 is 1.83 bits per heavy atom. The zero-order valence-corrected chi connectivity index (χ0v) is 14.4. The molecule has 3 nitrogen and oxygen atoms in total. The topological polar surface area (TPSA) is 15.7 Å². The van der Waals surface area contributed by atoms with E-state index in [4.69, 9.17) is 4.74 Å². The van der Waals surface area contributed by atoms with Gasteiger partial charge in [0.25, 0.3) is 0 Å². The van der Waals surface area contributed by atoms with Crippen molar-refractivity contribution in [1.82, 2.24) is 9.80 Å². The van der Waals surface area contributed by atoms with Crippen molar-refractivity contribution in [3.8, 4) is 0 Å². The van der Waals surface area contributed by atoms with Crippen LogP contribution in [0.2, 0.25) is 0 Å². The molecule has 1 aliphatic carbocycles. The van der Waals surface area contributed by atoms with Crippen molar-refractivity contribution >= 4 is 0 Å². The second-order valence-electron chi connectivity index (χ2n) is 7.77. The number of piperidine rings is 1. The van der Waals surface area contributed by atoms with E-state index in [2.05, 4.69) is 47.1 Å². The summed E-state index contributed by atoms with van der Waals surface area (Å²) in [4.78, 5) is 5.23. The van der Waals surface area contributed by atoms with E-state index < -0.39 is 0 Å². The van der Waals surface area contributed by atoms with Crippen molar-refractivity contribution in [3.63, 3.8) is 0 Å². The zero-order valence-electron chi connectivity index (χ0n) is 14.4. The minimum Gasteiger partial charge on any atom is -0.369 e. The first kappa shape index (κ1) is 15.6. The predicted molar refractivity (Wildman–Crippen MR) is 93.4 cm³/mol. The summed E-state index contributed by atoms with van der Waals surface area (Å²) >= 11 is 0. The Hall–Kier alpha value is -0.900. The highest BCUT2D eigenvalue weighted by molar-refractivity contribution is 5.14. The van der Waals surface area contributed by atoms with Gasteiger partial charge in [0, 0.05) is 19.6 Å². The Balaban J connectivity index is 1.31. The Morgan fingerprint density at radius 3 is 2.48 bits per heavy atom. The van der Waals surface area contributed by atoms with Crippen LogP contribution >= 0.6 is 0 Å². The number of ether oxygens (including phenoxy) is 1. The summed E-state index contributed by atoms with van der Waals surface area (Å²) in [6, 6.07) is 10.9. The molecule has 2 saturated heterocycles. The minimum absolute atomic E-state index is 0.250. The number of hydrogen-bond acceptors (Lipinski definition) is 3. The van der Waals surface area contributed by atoms with Gasteiger partial charge in [0.05, 0.1) is 11.7 Å². The summed E-state index contributed by atoms with van der Waals surface area (Å²) in [6.07, 6.45) is 5.64. The number of nitrogens with zero attached hydrogens (tertiary/aromatic N) is 2. The van der Waals surface area contributed by atoms with E-state index in [-0.39, 0.29) is 5.60 Å². The second-order valence-corrected chi connectivity index (χ2v) is 7.77. The van der Waals surface area contributed by atoms with Gasteiger partial charge in [-0.15, -0.1) is 0 Å². The van der Waals surface area contributed by atoms with Gasteiger partial charge in [-0.3, -0.25) is 9.80 Å². The molecule has 1 spiro atoms. The number of rotatable bonds is 4. The lowest BCUT2D eigenvalue weighted by Crippen LogP contribution is -2.52. The zero-order chi connectivity index (χ0) is 15.7. The lowest BCUT2D eigenvalue weighted by molar-refractivity contribution is -0.130. The molecule has 3 heteroatoms. The molecule has 2 aliphatic heterocycles. The van der Waals surface area contributed by atoms with Gasteiger partial charge >= 0.3 is 0 Å². The van der Waals surface area contributed by atoms with E-state index in [0.717, 1.165) is 19.0 Å².